The number of rotatable bonds is 7. The first-order chi connectivity index (χ1) is 13.1. The Morgan fingerprint density at radius 1 is 1.18 bits per heavy atom. The summed E-state index contributed by atoms with van der Waals surface area (Å²) in [4.78, 5) is 26.7. The number of nitrogens with zero attached hydrogens (tertiary/aromatic N) is 2. The average molecular weight is 412 g/mol. The van der Waals surface area contributed by atoms with Gasteiger partial charge in [0, 0.05) is 32.9 Å². The van der Waals surface area contributed by atoms with Crippen molar-refractivity contribution in [3.63, 3.8) is 0 Å². The van der Waals surface area contributed by atoms with E-state index in [1.807, 2.05) is 0 Å². The van der Waals surface area contributed by atoms with Gasteiger partial charge in [0.1, 0.15) is 6.54 Å². The number of hydrogen-bond donors (Lipinski definition) is 1. The van der Waals surface area contributed by atoms with Crippen LogP contribution < -0.4 is 10.2 Å². The lowest BCUT2D eigenvalue weighted by molar-refractivity contribution is -0.146. The van der Waals surface area contributed by atoms with Crippen LogP contribution >= 0.6 is 0 Å². The number of ether oxygens (including phenoxy) is 1. The molecule has 9 heteroatoms. The maximum Gasteiger partial charge on any atom is 0.325 e. The molecule has 28 heavy (non-hydrogen) atoms. The first-order valence-electron chi connectivity index (χ1n) is 9.42. The van der Waals surface area contributed by atoms with E-state index >= 15 is 0 Å². The Morgan fingerprint density at radius 3 is 2.39 bits per heavy atom. The van der Waals surface area contributed by atoms with Crippen LogP contribution in [0.3, 0.4) is 0 Å². The van der Waals surface area contributed by atoms with Gasteiger partial charge in [-0.05, 0) is 51.3 Å². The lowest BCUT2D eigenvalue weighted by atomic mass is 10.1. The molecule has 0 unspecified atom stereocenters. The van der Waals surface area contributed by atoms with E-state index < -0.39 is 21.9 Å². The number of anilines is 1. The standard InChI is InChI=1S/C19H29N3O5S/c1-14(2)27-18(23)13-20-19(24)16-12-15(28(25,26)21(3)4)8-9-17(16)22-10-6-5-7-11-22/h8-9,12,14H,5-7,10-11,13H2,1-4H3,(H,20,24). The van der Waals surface area contributed by atoms with Crippen molar-refractivity contribution >= 4 is 27.6 Å². The summed E-state index contributed by atoms with van der Waals surface area (Å²) < 4.78 is 31.1. The molecule has 8 nitrogen and oxygen atoms in total. The van der Waals surface area contributed by atoms with Crippen molar-refractivity contribution in [1.82, 2.24) is 9.62 Å². The second-order valence-corrected chi connectivity index (χ2v) is 9.39. The van der Waals surface area contributed by atoms with Crippen LogP contribution in [0.15, 0.2) is 23.1 Å². The van der Waals surface area contributed by atoms with Crippen LogP contribution in [-0.4, -0.2) is 64.4 Å². The molecule has 1 aromatic carbocycles. The first kappa shape index (κ1) is 22.2. The number of carbonyl (C=O) groups excluding carboxylic acids is 2. The monoisotopic (exact) mass is 411 g/mol. The largest absolute Gasteiger partial charge is 0.462 e. The molecule has 0 aliphatic carbocycles. The minimum Gasteiger partial charge on any atom is -0.462 e. The Labute approximate surface area is 166 Å². The number of nitrogens with one attached hydrogen (secondary N) is 1. The van der Waals surface area contributed by atoms with Gasteiger partial charge in [0.15, 0.2) is 0 Å². The number of esters is 1. The van der Waals surface area contributed by atoms with E-state index in [1.165, 1.54) is 26.2 Å². The van der Waals surface area contributed by atoms with Gasteiger partial charge in [-0.1, -0.05) is 0 Å². The number of piperidine rings is 1. The highest BCUT2D eigenvalue weighted by Crippen LogP contribution is 2.27. The molecule has 0 atom stereocenters. The molecule has 1 aromatic rings. The fourth-order valence-electron chi connectivity index (χ4n) is 3.03. The molecule has 0 spiro atoms. The third-order valence-corrected chi connectivity index (χ3v) is 6.26. The number of benzene rings is 1. The molecular formula is C19H29N3O5S. The van der Waals surface area contributed by atoms with Crippen molar-refractivity contribution < 1.29 is 22.7 Å². The Kier molecular flexibility index (Phi) is 7.42. The molecule has 0 saturated carbocycles. The molecule has 0 radical (unpaired) electrons. The second-order valence-electron chi connectivity index (χ2n) is 7.24. The Bertz CT molecular complexity index is 815. The predicted octanol–water partition coefficient (Wildman–Crippen LogP) is 1.61. The molecule has 0 bridgehead atoms. The van der Waals surface area contributed by atoms with Crippen LogP contribution in [-0.2, 0) is 19.6 Å². The normalized spacial score (nSPS) is 15.0. The highest BCUT2D eigenvalue weighted by molar-refractivity contribution is 7.89. The minimum absolute atomic E-state index is 0.0353. The van der Waals surface area contributed by atoms with Gasteiger partial charge in [-0.2, -0.15) is 0 Å². The summed E-state index contributed by atoms with van der Waals surface area (Å²) in [7, 11) is -0.804. The smallest absolute Gasteiger partial charge is 0.325 e. The Balaban J connectivity index is 2.33. The van der Waals surface area contributed by atoms with E-state index in [-0.39, 0.29) is 23.1 Å². The molecule has 1 saturated heterocycles. The summed E-state index contributed by atoms with van der Waals surface area (Å²) in [5.41, 5.74) is 0.911. The van der Waals surface area contributed by atoms with Crippen molar-refractivity contribution in [1.29, 1.82) is 0 Å². The Hall–Kier alpha value is -2.13. The van der Waals surface area contributed by atoms with Gasteiger partial charge in [0.2, 0.25) is 10.0 Å². The third kappa shape index (κ3) is 5.45. The van der Waals surface area contributed by atoms with Gasteiger partial charge in [0.05, 0.1) is 16.6 Å². The SMILES string of the molecule is CC(C)OC(=O)CNC(=O)c1cc(S(=O)(=O)N(C)C)ccc1N1CCCCC1. The third-order valence-electron chi connectivity index (χ3n) is 4.45. The van der Waals surface area contributed by atoms with E-state index in [2.05, 4.69) is 10.2 Å². The molecule has 1 fully saturated rings. The number of sulfonamides is 1. The zero-order valence-electron chi connectivity index (χ0n) is 16.9. The van der Waals surface area contributed by atoms with Crippen LogP contribution in [0.2, 0.25) is 0 Å². The van der Waals surface area contributed by atoms with Crippen LogP contribution in [0, 0.1) is 0 Å². The maximum atomic E-state index is 12.8. The average Bonchev–Trinajstić information content (AvgIpc) is 2.65. The zero-order valence-corrected chi connectivity index (χ0v) is 17.7. The highest BCUT2D eigenvalue weighted by atomic mass is 32.2. The van der Waals surface area contributed by atoms with Crippen LogP contribution in [0.1, 0.15) is 43.5 Å². The summed E-state index contributed by atoms with van der Waals surface area (Å²) in [5, 5.41) is 2.54. The van der Waals surface area contributed by atoms with Gasteiger partial charge in [0.25, 0.3) is 5.91 Å². The second kappa shape index (κ2) is 9.38. The fraction of sp³-hybridized carbons (Fsp3) is 0.579. The van der Waals surface area contributed by atoms with Gasteiger partial charge in [-0.15, -0.1) is 0 Å². The van der Waals surface area contributed by atoms with Crippen LogP contribution in [0.4, 0.5) is 5.69 Å². The maximum absolute atomic E-state index is 12.8. The van der Waals surface area contributed by atoms with E-state index in [4.69, 9.17) is 4.74 Å². The van der Waals surface area contributed by atoms with Gasteiger partial charge < -0.3 is 15.0 Å². The van der Waals surface area contributed by atoms with Crippen molar-refractivity contribution in [2.75, 3.05) is 38.6 Å². The molecule has 0 aromatic heterocycles. The number of carbonyl (C=O) groups is 2. The summed E-state index contributed by atoms with van der Waals surface area (Å²) in [6.07, 6.45) is 2.88. The van der Waals surface area contributed by atoms with Crippen LogP contribution in [0.5, 0.6) is 0 Å². The first-order valence-corrected chi connectivity index (χ1v) is 10.9. The molecule has 1 heterocycles. The lowest BCUT2D eigenvalue weighted by Gasteiger charge is -2.30. The van der Waals surface area contributed by atoms with E-state index in [9.17, 15) is 18.0 Å². The minimum atomic E-state index is -3.68. The quantitative estimate of drug-likeness (QED) is 0.685. The zero-order chi connectivity index (χ0) is 20.9. The molecule has 1 amide bonds. The Morgan fingerprint density at radius 2 is 1.82 bits per heavy atom. The van der Waals surface area contributed by atoms with Crippen molar-refractivity contribution in [3.05, 3.63) is 23.8 Å². The molecule has 156 valence electrons. The fourth-order valence-corrected chi connectivity index (χ4v) is 3.96. The van der Waals surface area contributed by atoms with E-state index in [1.54, 1.807) is 19.9 Å². The predicted molar refractivity (Wildman–Crippen MR) is 107 cm³/mol. The van der Waals surface area contributed by atoms with Crippen LogP contribution in [0.25, 0.3) is 0 Å². The topological polar surface area (TPSA) is 96.0 Å². The summed E-state index contributed by atoms with van der Waals surface area (Å²) in [6, 6.07) is 4.56. The van der Waals surface area contributed by atoms with E-state index in [0.717, 1.165) is 36.7 Å². The summed E-state index contributed by atoms with van der Waals surface area (Å²) in [5.74, 6) is -1.04. The molecule has 2 rings (SSSR count). The van der Waals surface area contributed by atoms with Gasteiger partial charge >= 0.3 is 5.97 Å². The van der Waals surface area contributed by atoms with Crippen molar-refractivity contribution in [2.24, 2.45) is 0 Å². The highest BCUT2D eigenvalue weighted by Gasteiger charge is 2.24. The summed E-state index contributed by atoms with van der Waals surface area (Å²) >= 11 is 0. The molecule has 1 aliphatic rings. The van der Waals surface area contributed by atoms with Gasteiger partial charge in [-0.3, -0.25) is 9.59 Å². The summed E-state index contributed by atoms with van der Waals surface area (Å²) in [6.45, 7) is 4.78. The number of hydrogen-bond acceptors (Lipinski definition) is 6. The molecule has 1 aliphatic heterocycles. The molecular weight excluding hydrogens is 382 g/mol. The lowest BCUT2D eigenvalue weighted by Crippen LogP contribution is -2.35. The van der Waals surface area contributed by atoms with Crippen molar-refractivity contribution in [3.8, 4) is 0 Å². The molecule has 1 N–H and O–H groups in total. The van der Waals surface area contributed by atoms with Crippen molar-refractivity contribution in [2.45, 2.75) is 44.1 Å². The van der Waals surface area contributed by atoms with Gasteiger partial charge in [-0.25, -0.2) is 12.7 Å². The number of amides is 1. The van der Waals surface area contributed by atoms with E-state index in [0.29, 0.717) is 5.69 Å².